The predicted molar refractivity (Wildman–Crippen MR) is 75.1 cm³/mol. The molecule has 6 heteroatoms. The van der Waals surface area contributed by atoms with E-state index in [2.05, 4.69) is 15.3 Å². The van der Waals surface area contributed by atoms with Crippen molar-refractivity contribution in [2.75, 3.05) is 12.4 Å². The number of ether oxygens (including phenoxy) is 1. The van der Waals surface area contributed by atoms with E-state index in [0.717, 1.165) is 19.3 Å². The normalized spacial score (nSPS) is 22.2. The molecule has 1 fully saturated rings. The Hall–Kier alpha value is -1.69. The third kappa shape index (κ3) is 3.07. The number of nitrogens with one attached hydrogen (secondary N) is 1. The summed E-state index contributed by atoms with van der Waals surface area (Å²) in [6, 6.07) is 0.117. The maximum Gasteiger partial charge on any atom is 0.356 e. The molecule has 2 unspecified atom stereocenters. The quantitative estimate of drug-likeness (QED) is 0.860. The molecular formula is C14H21N3O3. The zero-order chi connectivity index (χ0) is 14.7. The van der Waals surface area contributed by atoms with Crippen LogP contribution in [0, 0.1) is 0 Å². The topological polar surface area (TPSA) is 84.3 Å². The SMILES string of the molecule is COC1CCCC1Nc1cnc(C(C)C)nc1C(=O)O. The third-order valence-corrected chi connectivity index (χ3v) is 3.62. The molecule has 0 saturated heterocycles. The summed E-state index contributed by atoms with van der Waals surface area (Å²) in [7, 11) is 1.68. The Balaban J connectivity index is 2.24. The standard InChI is InChI=1S/C14H21N3O3/c1-8(2)13-15-7-10(12(17-13)14(18)19)16-9-5-4-6-11(9)20-3/h7-9,11,16H,4-6H2,1-3H3,(H,18,19). The van der Waals surface area contributed by atoms with E-state index < -0.39 is 5.97 Å². The number of nitrogens with zero attached hydrogens (tertiary/aromatic N) is 2. The number of methoxy groups -OCH3 is 1. The van der Waals surface area contributed by atoms with E-state index in [4.69, 9.17) is 4.74 Å². The molecule has 1 aromatic heterocycles. The number of aromatic carboxylic acids is 1. The third-order valence-electron chi connectivity index (χ3n) is 3.62. The summed E-state index contributed by atoms with van der Waals surface area (Å²) >= 11 is 0. The van der Waals surface area contributed by atoms with Crippen LogP contribution in [0.5, 0.6) is 0 Å². The fourth-order valence-electron chi connectivity index (χ4n) is 2.52. The molecule has 6 nitrogen and oxygen atoms in total. The van der Waals surface area contributed by atoms with E-state index >= 15 is 0 Å². The Morgan fingerprint density at radius 2 is 2.25 bits per heavy atom. The molecule has 0 aromatic carbocycles. The lowest BCUT2D eigenvalue weighted by molar-refractivity contribution is 0.0690. The molecule has 2 N–H and O–H groups in total. The van der Waals surface area contributed by atoms with Crippen LogP contribution in [0.15, 0.2) is 6.20 Å². The van der Waals surface area contributed by atoms with Crippen molar-refractivity contribution >= 4 is 11.7 Å². The van der Waals surface area contributed by atoms with E-state index in [1.54, 1.807) is 13.3 Å². The molecule has 1 saturated carbocycles. The molecule has 0 amide bonds. The lowest BCUT2D eigenvalue weighted by Crippen LogP contribution is -2.30. The molecule has 110 valence electrons. The smallest absolute Gasteiger partial charge is 0.356 e. The average Bonchev–Trinajstić information content (AvgIpc) is 2.85. The molecule has 2 atom stereocenters. The maximum absolute atomic E-state index is 11.4. The van der Waals surface area contributed by atoms with Crippen LogP contribution in [0.4, 0.5) is 5.69 Å². The first-order valence-corrected chi connectivity index (χ1v) is 6.92. The Morgan fingerprint density at radius 1 is 1.50 bits per heavy atom. The molecular weight excluding hydrogens is 258 g/mol. The molecule has 0 spiro atoms. The first kappa shape index (κ1) is 14.7. The number of aromatic nitrogens is 2. The number of carboxylic acids is 1. The fraction of sp³-hybridized carbons (Fsp3) is 0.643. The van der Waals surface area contributed by atoms with Crippen LogP contribution >= 0.6 is 0 Å². The van der Waals surface area contributed by atoms with Crippen LogP contribution in [0.2, 0.25) is 0 Å². The summed E-state index contributed by atoms with van der Waals surface area (Å²) < 4.78 is 5.41. The Kier molecular flexibility index (Phi) is 4.54. The van der Waals surface area contributed by atoms with E-state index in [-0.39, 0.29) is 23.8 Å². The molecule has 0 bridgehead atoms. The zero-order valence-corrected chi connectivity index (χ0v) is 12.1. The first-order chi connectivity index (χ1) is 9.52. The van der Waals surface area contributed by atoms with Gasteiger partial charge in [-0.3, -0.25) is 0 Å². The van der Waals surface area contributed by atoms with Gasteiger partial charge in [0.2, 0.25) is 0 Å². The zero-order valence-electron chi connectivity index (χ0n) is 12.1. The number of hydrogen-bond acceptors (Lipinski definition) is 5. The van der Waals surface area contributed by atoms with Gasteiger partial charge in [0.05, 0.1) is 24.0 Å². The second-order valence-electron chi connectivity index (χ2n) is 5.41. The minimum atomic E-state index is -1.04. The largest absolute Gasteiger partial charge is 0.476 e. The highest BCUT2D eigenvalue weighted by Gasteiger charge is 2.28. The highest BCUT2D eigenvalue weighted by molar-refractivity contribution is 5.91. The summed E-state index contributed by atoms with van der Waals surface area (Å²) in [6.45, 7) is 3.87. The molecule has 1 aliphatic rings. The number of rotatable bonds is 5. The Bertz CT molecular complexity index is 491. The van der Waals surface area contributed by atoms with Gasteiger partial charge >= 0.3 is 5.97 Å². The minimum Gasteiger partial charge on any atom is -0.476 e. The summed E-state index contributed by atoms with van der Waals surface area (Å²) in [5.74, 6) is -0.396. The van der Waals surface area contributed by atoms with Crippen molar-refractivity contribution in [3.63, 3.8) is 0 Å². The van der Waals surface area contributed by atoms with Crippen molar-refractivity contribution < 1.29 is 14.6 Å². The van der Waals surface area contributed by atoms with Crippen molar-refractivity contribution in [3.8, 4) is 0 Å². The monoisotopic (exact) mass is 279 g/mol. The van der Waals surface area contributed by atoms with E-state index in [9.17, 15) is 9.90 Å². The maximum atomic E-state index is 11.4. The second-order valence-corrected chi connectivity index (χ2v) is 5.41. The van der Waals surface area contributed by atoms with Crippen LogP contribution in [-0.4, -0.2) is 40.3 Å². The van der Waals surface area contributed by atoms with Crippen molar-refractivity contribution in [2.24, 2.45) is 0 Å². The lowest BCUT2D eigenvalue weighted by Gasteiger charge is -2.21. The fourth-order valence-corrected chi connectivity index (χ4v) is 2.52. The van der Waals surface area contributed by atoms with Crippen molar-refractivity contribution in [3.05, 3.63) is 17.7 Å². The summed E-state index contributed by atoms with van der Waals surface area (Å²) in [5, 5.41) is 12.5. The molecule has 2 rings (SSSR count). The van der Waals surface area contributed by atoms with Gasteiger partial charge in [-0.15, -0.1) is 0 Å². The van der Waals surface area contributed by atoms with Gasteiger partial charge in [-0.1, -0.05) is 13.8 Å². The van der Waals surface area contributed by atoms with Crippen molar-refractivity contribution in [1.82, 2.24) is 9.97 Å². The van der Waals surface area contributed by atoms with Crippen LogP contribution in [0.1, 0.15) is 55.3 Å². The highest BCUT2D eigenvalue weighted by Crippen LogP contribution is 2.26. The van der Waals surface area contributed by atoms with Gasteiger partial charge < -0.3 is 15.2 Å². The van der Waals surface area contributed by atoms with Gasteiger partial charge in [-0.05, 0) is 19.3 Å². The number of carbonyl (C=O) groups is 1. The van der Waals surface area contributed by atoms with E-state index in [1.807, 2.05) is 13.8 Å². The Morgan fingerprint density at radius 3 is 2.85 bits per heavy atom. The molecule has 0 aliphatic heterocycles. The molecule has 20 heavy (non-hydrogen) atoms. The minimum absolute atomic E-state index is 0.0328. The molecule has 0 radical (unpaired) electrons. The van der Waals surface area contributed by atoms with Gasteiger partial charge in [-0.25, -0.2) is 14.8 Å². The van der Waals surface area contributed by atoms with Crippen LogP contribution in [-0.2, 0) is 4.74 Å². The van der Waals surface area contributed by atoms with E-state index in [0.29, 0.717) is 11.5 Å². The van der Waals surface area contributed by atoms with Crippen LogP contribution in [0.3, 0.4) is 0 Å². The number of carboxylic acid groups (broad SMARTS) is 1. The Labute approximate surface area is 118 Å². The van der Waals surface area contributed by atoms with Gasteiger partial charge in [0.1, 0.15) is 5.82 Å². The van der Waals surface area contributed by atoms with Gasteiger partial charge in [-0.2, -0.15) is 0 Å². The first-order valence-electron chi connectivity index (χ1n) is 6.92. The van der Waals surface area contributed by atoms with Gasteiger partial charge in [0, 0.05) is 13.0 Å². The van der Waals surface area contributed by atoms with E-state index in [1.165, 1.54) is 0 Å². The highest BCUT2D eigenvalue weighted by atomic mass is 16.5. The number of hydrogen-bond donors (Lipinski definition) is 2. The summed E-state index contributed by atoms with van der Waals surface area (Å²) in [6.07, 6.45) is 4.70. The molecule has 1 heterocycles. The van der Waals surface area contributed by atoms with Crippen molar-refractivity contribution in [2.45, 2.75) is 51.2 Å². The number of anilines is 1. The van der Waals surface area contributed by atoms with Crippen LogP contribution < -0.4 is 5.32 Å². The second kappa shape index (κ2) is 6.17. The molecule has 1 aliphatic carbocycles. The predicted octanol–water partition coefficient (Wildman–Crippen LogP) is 2.28. The average molecular weight is 279 g/mol. The summed E-state index contributed by atoms with van der Waals surface area (Å²) in [5.41, 5.74) is 0.501. The van der Waals surface area contributed by atoms with Crippen molar-refractivity contribution in [1.29, 1.82) is 0 Å². The molecule has 1 aromatic rings. The summed E-state index contributed by atoms with van der Waals surface area (Å²) in [4.78, 5) is 19.7. The lowest BCUT2D eigenvalue weighted by atomic mass is 10.1. The van der Waals surface area contributed by atoms with Gasteiger partial charge in [0.25, 0.3) is 0 Å². The van der Waals surface area contributed by atoms with Gasteiger partial charge in [0.15, 0.2) is 5.69 Å². The van der Waals surface area contributed by atoms with Crippen LogP contribution in [0.25, 0.3) is 0 Å².